The molecular weight excluding hydrogens is 217 g/mol. The lowest BCUT2D eigenvalue weighted by Crippen LogP contribution is -2.54. The summed E-state index contributed by atoms with van der Waals surface area (Å²) in [5.74, 6) is -8.09. The van der Waals surface area contributed by atoms with Crippen molar-refractivity contribution in [3.8, 4) is 0 Å². The molecule has 0 aliphatic rings. The smallest absolute Gasteiger partial charge is 0.222 e. The molecule has 0 N–H and O–H groups in total. The van der Waals surface area contributed by atoms with Crippen molar-refractivity contribution < 1.29 is 30.7 Å². The lowest BCUT2D eigenvalue weighted by atomic mass is 9.96. The lowest BCUT2D eigenvalue weighted by molar-refractivity contribution is -0.274. The summed E-state index contributed by atoms with van der Waals surface area (Å²) in [6, 6.07) is 0. The minimum absolute atomic E-state index is 0.697. The average Bonchev–Trinajstić information content (AvgIpc) is 2.00. The van der Waals surface area contributed by atoms with Crippen molar-refractivity contribution in [1.82, 2.24) is 0 Å². The van der Waals surface area contributed by atoms with Gasteiger partial charge in [0, 0.05) is 0 Å². The number of halogens is 7. The molecule has 7 heteroatoms. The monoisotopic (exact) mass is 222 g/mol. The summed E-state index contributed by atoms with van der Waals surface area (Å²) in [5.41, 5.74) is -5.15. The van der Waals surface area contributed by atoms with E-state index in [-0.39, 0.29) is 0 Å². The highest BCUT2D eigenvalue weighted by Crippen LogP contribution is 2.49. The van der Waals surface area contributed by atoms with Gasteiger partial charge in [-0.15, -0.1) is 0 Å². The van der Waals surface area contributed by atoms with Crippen molar-refractivity contribution in [2.24, 2.45) is 0 Å². The molecule has 1 atom stereocenters. The summed E-state index contributed by atoms with van der Waals surface area (Å²) in [4.78, 5) is 0. The number of hydrogen-bond donors (Lipinski definition) is 0. The molecule has 1 unspecified atom stereocenters. The second-order valence-corrected chi connectivity index (χ2v) is 2.39. The molecule has 0 radical (unpaired) electrons. The lowest BCUT2D eigenvalue weighted by Gasteiger charge is -2.30. The molecule has 0 saturated carbocycles. The predicted octanol–water partition coefficient (Wildman–Crippen LogP) is 3.56. The van der Waals surface area contributed by atoms with Gasteiger partial charge in [-0.2, -0.15) is 22.0 Å². The summed E-state index contributed by atoms with van der Waals surface area (Å²) in [6.45, 7) is 4.22. The standard InChI is InChI=1S/C7H5F7/c1-3-5(9,7(12,13)14)6(10,11)4(2)8/h3H,1-2H2. The molecule has 0 aliphatic carbocycles. The van der Waals surface area contributed by atoms with Gasteiger partial charge in [-0.05, 0) is 6.08 Å². The first kappa shape index (κ1) is 13.0. The van der Waals surface area contributed by atoms with Gasteiger partial charge >= 0.3 is 12.1 Å². The van der Waals surface area contributed by atoms with E-state index in [1.807, 2.05) is 6.58 Å². The highest BCUT2D eigenvalue weighted by atomic mass is 19.4. The van der Waals surface area contributed by atoms with Crippen LogP contribution in [0.5, 0.6) is 0 Å². The summed E-state index contributed by atoms with van der Waals surface area (Å²) in [7, 11) is 0. The fraction of sp³-hybridized carbons (Fsp3) is 0.429. The molecule has 14 heavy (non-hydrogen) atoms. The summed E-state index contributed by atoms with van der Waals surface area (Å²) < 4.78 is 85.1. The average molecular weight is 222 g/mol. The van der Waals surface area contributed by atoms with Crippen LogP contribution in [-0.2, 0) is 0 Å². The van der Waals surface area contributed by atoms with E-state index in [4.69, 9.17) is 0 Å². The topological polar surface area (TPSA) is 0 Å². The molecular formula is C7H5F7. The highest BCUT2D eigenvalue weighted by molar-refractivity contribution is 5.20. The Hall–Kier alpha value is -1.01. The van der Waals surface area contributed by atoms with E-state index >= 15 is 0 Å². The molecule has 0 aromatic rings. The van der Waals surface area contributed by atoms with Crippen LogP contribution < -0.4 is 0 Å². The van der Waals surface area contributed by atoms with Crippen molar-refractivity contribution in [1.29, 1.82) is 0 Å². The van der Waals surface area contributed by atoms with Gasteiger partial charge in [-0.25, -0.2) is 8.78 Å². The quantitative estimate of drug-likeness (QED) is 0.505. The number of hydrogen-bond acceptors (Lipinski definition) is 0. The molecule has 0 bridgehead atoms. The second kappa shape index (κ2) is 3.29. The fourth-order valence-electron chi connectivity index (χ4n) is 0.619. The van der Waals surface area contributed by atoms with Crippen LogP contribution in [-0.4, -0.2) is 17.8 Å². The Balaban J connectivity index is 5.48. The van der Waals surface area contributed by atoms with Crippen molar-refractivity contribution in [3.63, 3.8) is 0 Å². The molecule has 0 fully saturated rings. The van der Waals surface area contributed by atoms with E-state index < -0.39 is 29.7 Å². The first-order valence-corrected chi connectivity index (χ1v) is 3.12. The molecule has 0 nitrogen and oxygen atoms in total. The van der Waals surface area contributed by atoms with E-state index in [0.29, 0.717) is 0 Å². The zero-order valence-corrected chi connectivity index (χ0v) is 6.64. The van der Waals surface area contributed by atoms with Crippen LogP contribution in [0.2, 0.25) is 0 Å². The van der Waals surface area contributed by atoms with Gasteiger partial charge in [0.05, 0.1) is 0 Å². The maximum absolute atomic E-state index is 12.8. The summed E-state index contributed by atoms with van der Waals surface area (Å²) in [6.07, 6.45) is -6.66. The number of rotatable bonds is 3. The molecule has 0 aromatic carbocycles. The highest BCUT2D eigenvalue weighted by Gasteiger charge is 2.71. The van der Waals surface area contributed by atoms with Crippen molar-refractivity contribution in [2.45, 2.75) is 17.8 Å². The third kappa shape index (κ3) is 1.62. The minimum atomic E-state index is -5.96. The number of allylic oxidation sites excluding steroid dienone is 2. The Morgan fingerprint density at radius 3 is 1.43 bits per heavy atom. The van der Waals surface area contributed by atoms with Crippen LogP contribution in [0.25, 0.3) is 0 Å². The Bertz CT molecular complexity index is 251. The molecule has 0 aromatic heterocycles. The third-order valence-electron chi connectivity index (χ3n) is 1.49. The van der Waals surface area contributed by atoms with E-state index in [1.165, 1.54) is 0 Å². The van der Waals surface area contributed by atoms with Crippen LogP contribution in [0, 0.1) is 0 Å². The SMILES string of the molecule is C=CC(F)(C(F)(F)F)C(F)(F)C(=C)F. The normalized spacial score (nSPS) is 17.4. The van der Waals surface area contributed by atoms with Crippen molar-refractivity contribution in [2.75, 3.05) is 0 Å². The van der Waals surface area contributed by atoms with Crippen molar-refractivity contribution >= 4 is 0 Å². The molecule has 0 spiro atoms. The summed E-state index contributed by atoms with van der Waals surface area (Å²) >= 11 is 0. The zero-order valence-electron chi connectivity index (χ0n) is 6.64. The van der Waals surface area contributed by atoms with Crippen LogP contribution in [0.4, 0.5) is 30.7 Å². The summed E-state index contributed by atoms with van der Waals surface area (Å²) in [5, 5.41) is 0. The fourth-order valence-corrected chi connectivity index (χ4v) is 0.619. The predicted molar refractivity (Wildman–Crippen MR) is 35.3 cm³/mol. The van der Waals surface area contributed by atoms with Crippen LogP contribution >= 0.6 is 0 Å². The number of alkyl halides is 6. The van der Waals surface area contributed by atoms with Crippen LogP contribution in [0.1, 0.15) is 0 Å². The van der Waals surface area contributed by atoms with Gasteiger partial charge in [0.2, 0.25) is 0 Å². The molecule has 0 saturated heterocycles. The van der Waals surface area contributed by atoms with E-state index in [2.05, 4.69) is 6.58 Å². The largest absolute Gasteiger partial charge is 0.432 e. The Kier molecular flexibility index (Phi) is 3.05. The second-order valence-electron chi connectivity index (χ2n) is 2.39. The first-order valence-electron chi connectivity index (χ1n) is 3.12. The van der Waals surface area contributed by atoms with Gasteiger partial charge in [0.1, 0.15) is 0 Å². The molecule has 0 heterocycles. The minimum Gasteiger partial charge on any atom is -0.222 e. The zero-order chi connectivity index (χ0) is 11.8. The maximum atomic E-state index is 12.8. The van der Waals surface area contributed by atoms with Crippen LogP contribution in [0.15, 0.2) is 25.1 Å². The first-order chi connectivity index (χ1) is 6.00. The Morgan fingerprint density at radius 2 is 1.36 bits per heavy atom. The van der Waals surface area contributed by atoms with E-state index in [1.54, 1.807) is 0 Å². The van der Waals surface area contributed by atoms with Crippen molar-refractivity contribution in [3.05, 3.63) is 25.1 Å². The Morgan fingerprint density at radius 1 is 1.00 bits per heavy atom. The van der Waals surface area contributed by atoms with Gasteiger partial charge in [-0.1, -0.05) is 13.2 Å². The van der Waals surface area contributed by atoms with Gasteiger partial charge < -0.3 is 0 Å². The van der Waals surface area contributed by atoms with Gasteiger partial charge in [0.25, 0.3) is 5.67 Å². The molecule has 0 aliphatic heterocycles. The molecule has 0 amide bonds. The van der Waals surface area contributed by atoms with Gasteiger partial charge in [-0.3, -0.25) is 0 Å². The van der Waals surface area contributed by atoms with Crippen LogP contribution in [0.3, 0.4) is 0 Å². The third-order valence-corrected chi connectivity index (χ3v) is 1.49. The van der Waals surface area contributed by atoms with E-state index in [9.17, 15) is 30.7 Å². The van der Waals surface area contributed by atoms with E-state index in [0.717, 1.165) is 0 Å². The maximum Gasteiger partial charge on any atom is 0.432 e. The Labute approximate surface area is 74.7 Å². The van der Waals surface area contributed by atoms with Gasteiger partial charge in [0.15, 0.2) is 5.83 Å². The molecule has 0 rings (SSSR count). The molecule has 82 valence electrons.